The molecule has 0 saturated carbocycles. The Morgan fingerprint density at radius 3 is 2.22 bits per heavy atom. The molecule has 0 fully saturated rings. The molecular weight excluding hydrogens is 361 g/mol. The van der Waals surface area contributed by atoms with Gasteiger partial charge in [0.25, 0.3) is 5.91 Å². The van der Waals surface area contributed by atoms with Gasteiger partial charge in [-0.05, 0) is 55.5 Å². The normalized spacial score (nSPS) is 11.4. The Morgan fingerprint density at radius 1 is 1.07 bits per heavy atom. The van der Waals surface area contributed by atoms with Gasteiger partial charge in [-0.3, -0.25) is 4.79 Å². The second-order valence-electron chi connectivity index (χ2n) is 5.68. The van der Waals surface area contributed by atoms with E-state index in [0.29, 0.717) is 17.7 Å². The number of aromatic nitrogens is 1. The van der Waals surface area contributed by atoms with Gasteiger partial charge in [-0.15, -0.1) is 0 Å². The minimum atomic E-state index is -4.45. The molecule has 0 bridgehead atoms. The third kappa shape index (κ3) is 3.94. The van der Waals surface area contributed by atoms with Crippen molar-refractivity contribution in [3.8, 4) is 28.5 Å². The minimum Gasteiger partial charge on any atom is -0.508 e. The van der Waals surface area contributed by atoms with E-state index in [1.165, 1.54) is 24.3 Å². The first-order valence-corrected chi connectivity index (χ1v) is 8.05. The van der Waals surface area contributed by atoms with E-state index in [4.69, 9.17) is 4.42 Å². The summed E-state index contributed by atoms with van der Waals surface area (Å²) >= 11 is 0. The Kier molecular flexibility index (Phi) is 4.89. The van der Waals surface area contributed by atoms with E-state index in [-0.39, 0.29) is 23.1 Å². The molecule has 27 heavy (non-hydrogen) atoms. The van der Waals surface area contributed by atoms with Crippen molar-refractivity contribution >= 4 is 5.91 Å². The monoisotopic (exact) mass is 376 g/mol. The van der Waals surface area contributed by atoms with Crippen LogP contribution in [0.2, 0.25) is 0 Å². The first-order chi connectivity index (χ1) is 12.8. The summed E-state index contributed by atoms with van der Waals surface area (Å²) in [6.45, 7) is 2.12. The fraction of sp³-hybridized carbons (Fsp3) is 0.158. The van der Waals surface area contributed by atoms with Crippen LogP contribution in [0, 0.1) is 0 Å². The Hall–Kier alpha value is -3.29. The van der Waals surface area contributed by atoms with Gasteiger partial charge < -0.3 is 14.8 Å². The number of rotatable bonds is 4. The second kappa shape index (κ2) is 7.14. The lowest BCUT2D eigenvalue weighted by Gasteiger charge is -2.06. The topological polar surface area (TPSA) is 75.4 Å². The third-order valence-corrected chi connectivity index (χ3v) is 3.77. The average molecular weight is 376 g/mol. The molecule has 3 rings (SSSR count). The molecule has 0 aliphatic heterocycles. The van der Waals surface area contributed by atoms with Crippen LogP contribution >= 0.6 is 0 Å². The second-order valence-corrected chi connectivity index (χ2v) is 5.68. The summed E-state index contributed by atoms with van der Waals surface area (Å²) in [5, 5.41) is 12.0. The van der Waals surface area contributed by atoms with Crippen molar-refractivity contribution in [1.29, 1.82) is 0 Å². The van der Waals surface area contributed by atoms with E-state index < -0.39 is 17.6 Å². The molecule has 0 aliphatic rings. The molecule has 2 aromatic carbocycles. The van der Waals surface area contributed by atoms with Crippen LogP contribution in [0.3, 0.4) is 0 Å². The van der Waals surface area contributed by atoms with Crippen molar-refractivity contribution in [3.05, 3.63) is 59.8 Å². The first kappa shape index (κ1) is 18.5. The van der Waals surface area contributed by atoms with Crippen LogP contribution in [0.15, 0.2) is 52.9 Å². The molecule has 8 heteroatoms. The van der Waals surface area contributed by atoms with Crippen LogP contribution in [-0.4, -0.2) is 22.5 Å². The molecule has 140 valence electrons. The summed E-state index contributed by atoms with van der Waals surface area (Å²) in [5.74, 6) is -0.243. The number of benzene rings is 2. The van der Waals surface area contributed by atoms with Crippen LogP contribution in [0.5, 0.6) is 5.75 Å². The van der Waals surface area contributed by atoms with Gasteiger partial charge in [-0.1, -0.05) is 0 Å². The lowest BCUT2D eigenvalue weighted by atomic mass is 10.1. The molecule has 1 heterocycles. The van der Waals surface area contributed by atoms with Crippen molar-refractivity contribution in [1.82, 2.24) is 10.3 Å². The zero-order chi connectivity index (χ0) is 19.6. The van der Waals surface area contributed by atoms with E-state index in [1.54, 1.807) is 19.1 Å². The SMILES string of the molecule is CCNC(=O)c1nc(-c2ccc(C(F)(F)F)cc2)oc1-c1ccc(O)cc1. The van der Waals surface area contributed by atoms with Gasteiger partial charge in [0.15, 0.2) is 11.5 Å². The number of hydrogen-bond donors (Lipinski definition) is 2. The zero-order valence-corrected chi connectivity index (χ0v) is 14.2. The van der Waals surface area contributed by atoms with Crippen LogP contribution in [0.4, 0.5) is 13.2 Å². The number of alkyl halides is 3. The maximum absolute atomic E-state index is 12.7. The van der Waals surface area contributed by atoms with Crippen molar-refractivity contribution in [2.75, 3.05) is 6.54 Å². The number of nitrogens with one attached hydrogen (secondary N) is 1. The lowest BCUT2D eigenvalue weighted by molar-refractivity contribution is -0.137. The molecule has 5 nitrogen and oxygen atoms in total. The summed E-state index contributed by atoms with van der Waals surface area (Å²) in [5.41, 5.74) is 0.0243. The highest BCUT2D eigenvalue weighted by Gasteiger charge is 2.30. The molecule has 0 unspecified atom stereocenters. The number of nitrogens with zero attached hydrogens (tertiary/aromatic N) is 1. The Labute approximate surface area is 152 Å². The molecule has 0 radical (unpaired) electrons. The van der Waals surface area contributed by atoms with Crippen molar-refractivity contribution < 1.29 is 27.5 Å². The van der Waals surface area contributed by atoms with E-state index in [9.17, 15) is 23.1 Å². The molecule has 0 saturated heterocycles. The lowest BCUT2D eigenvalue weighted by Crippen LogP contribution is -2.23. The summed E-state index contributed by atoms with van der Waals surface area (Å²) in [6.07, 6.45) is -4.45. The molecular formula is C19H15F3N2O3. The number of carbonyl (C=O) groups is 1. The van der Waals surface area contributed by atoms with Crippen molar-refractivity contribution in [2.45, 2.75) is 13.1 Å². The van der Waals surface area contributed by atoms with Gasteiger partial charge in [0.1, 0.15) is 5.75 Å². The van der Waals surface area contributed by atoms with Crippen molar-refractivity contribution in [3.63, 3.8) is 0 Å². The van der Waals surface area contributed by atoms with Gasteiger partial charge >= 0.3 is 6.18 Å². The van der Waals surface area contributed by atoms with Gasteiger partial charge in [0.05, 0.1) is 5.56 Å². The van der Waals surface area contributed by atoms with E-state index in [0.717, 1.165) is 12.1 Å². The van der Waals surface area contributed by atoms with Gasteiger partial charge in [0, 0.05) is 17.7 Å². The maximum atomic E-state index is 12.7. The highest BCUT2D eigenvalue weighted by Crippen LogP contribution is 2.33. The summed E-state index contributed by atoms with van der Waals surface area (Å²) < 4.78 is 43.9. The minimum absolute atomic E-state index is 0.0115. The molecule has 1 aromatic heterocycles. The molecule has 0 spiro atoms. The fourth-order valence-corrected chi connectivity index (χ4v) is 2.45. The van der Waals surface area contributed by atoms with Crippen LogP contribution < -0.4 is 5.32 Å². The van der Waals surface area contributed by atoms with Crippen LogP contribution in [-0.2, 0) is 6.18 Å². The summed E-state index contributed by atoms with van der Waals surface area (Å²) in [7, 11) is 0. The predicted molar refractivity (Wildman–Crippen MR) is 92.0 cm³/mol. The van der Waals surface area contributed by atoms with Gasteiger partial charge in [-0.25, -0.2) is 4.98 Å². The fourth-order valence-electron chi connectivity index (χ4n) is 2.45. The van der Waals surface area contributed by atoms with Gasteiger partial charge in [0.2, 0.25) is 5.89 Å². The molecule has 3 aromatic rings. The quantitative estimate of drug-likeness (QED) is 0.704. The highest BCUT2D eigenvalue weighted by atomic mass is 19.4. The number of oxazole rings is 1. The van der Waals surface area contributed by atoms with Crippen molar-refractivity contribution in [2.24, 2.45) is 0 Å². The molecule has 0 aliphatic carbocycles. The molecule has 1 amide bonds. The van der Waals surface area contributed by atoms with E-state index in [1.807, 2.05) is 0 Å². The maximum Gasteiger partial charge on any atom is 0.416 e. The summed E-state index contributed by atoms with van der Waals surface area (Å²) in [6, 6.07) is 10.3. The molecule has 2 N–H and O–H groups in total. The summed E-state index contributed by atoms with van der Waals surface area (Å²) in [4.78, 5) is 16.5. The number of aromatic hydroxyl groups is 1. The van der Waals surface area contributed by atoms with Crippen LogP contribution in [0.25, 0.3) is 22.8 Å². The smallest absolute Gasteiger partial charge is 0.416 e. The van der Waals surface area contributed by atoms with E-state index >= 15 is 0 Å². The Bertz CT molecular complexity index is 946. The highest BCUT2D eigenvalue weighted by molar-refractivity contribution is 5.98. The number of hydrogen-bond acceptors (Lipinski definition) is 4. The number of phenols is 1. The largest absolute Gasteiger partial charge is 0.508 e. The predicted octanol–water partition coefficient (Wildman–Crippen LogP) is 4.48. The average Bonchev–Trinajstić information content (AvgIpc) is 3.07. The zero-order valence-electron chi connectivity index (χ0n) is 14.2. The Balaban J connectivity index is 2.05. The molecule has 0 atom stereocenters. The first-order valence-electron chi connectivity index (χ1n) is 8.05. The number of phenolic OH excluding ortho intramolecular Hbond substituents is 1. The number of amides is 1. The standard InChI is InChI=1S/C19H15F3N2O3/c1-2-23-17(26)15-16(11-5-9-14(25)10-6-11)27-18(24-15)12-3-7-13(8-4-12)19(20,21)22/h3-10,25H,2H2,1H3,(H,23,26). The Morgan fingerprint density at radius 2 is 1.67 bits per heavy atom. The third-order valence-electron chi connectivity index (χ3n) is 3.77. The van der Waals surface area contributed by atoms with Gasteiger partial charge in [-0.2, -0.15) is 13.2 Å². The number of halogens is 3. The number of carbonyl (C=O) groups excluding carboxylic acids is 1. The van der Waals surface area contributed by atoms with Crippen LogP contribution in [0.1, 0.15) is 23.0 Å². The van der Waals surface area contributed by atoms with E-state index in [2.05, 4.69) is 10.3 Å².